The molecule has 0 saturated heterocycles. The number of aromatic nitrogens is 2. The Morgan fingerprint density at radius 2 is 2.12 bits per heavy atom. The highest BCUT2D eigenvalue weighted by atomic mass is 35.5. The van der Waals surface area contributed by atoms with E-state index in [1.165, 1.54) is 12.8 Å². The summed E-state index contributed by atoms with van der Waals surface area (Å²) < 4.78 is 0. The SMILES string of the molecule is Cc1cc(NCC2(CCl)CC2)nc(C(C)C)n1. The van der Waals surface area contributed by atoms with Crippen molar-refractivity contribution in [3.63, 3.8) is 0 Å². The predicted octanol–water partition coefficient (Wildman–Crippen LogP) is 3.34. The molecule has 4 heteroatoms. The maximum atomic E-state index is 5.96. The molecular weight excluding hydrogens is 234 g/mol. The summed E-state index contributed by atoms with van der Waals surface area (Å²) >= 11 is 5.96. The molecule has 1 aromatic rings. The molecule has 0 radical (unpaired) electrons. The average molecular weight is 254 g/mol. The zero-order valence-electron chi connectivity index (χ0n) is 10.8. The van der Waals surface area contributed by atoms with Gasteiger partial charge in [0.05, 0.1) is 0 Å². The topological polar surface area (TPSA) is 37.8 Å². The van der Waals surface area contributed by atoms with E-state index in [-0.39, 0.29) is 0 Å². The molecule has 1 saturated carbocycles. The van der Waals surface area contributed by atoms with E-state index in [1.807, 2.05) is 13.0 Å². The van der Waals surface area contributed by atoms with Crippen molar-refractivity contribution in [1.82, 2.24) is 9.97 Å². The summed E-state index contributed by atoms with van der Waals surface area (Å²) in [4.78, 5) is 8.97. The first kappa shape index (κ1) is 12.6. The molecule has 1 aliphatic carbocycles. The number of halogens is 1. The standard InChI is InChI=1S/C13H20ClN3/c1-9(2)12-16-10(3)6-11(17-12)15-8-13(7-14)4-5-13/h6,9H,4-5,7-8H2,1-3H3,(H,15,16,17). The first-order valence-electron chi connectivity index (χ1n) is 6.20. The molecule has 0 unspecified atom stereocenters. The first-order valence-corrected chi connectivity index (χ1v) is 6.73. The highest BCUT2D eigenvalue weighted by molar-refractivity contribution is 6.18. The van der Waals surface area contributed by atoms with Gasteiger partial charge >= 0.3 is 0 Å². The highest BCUT2D eigenvalue weighted by Crippen LogP contribution is 2.46. The van der Waals surface area contributed by atoms with Crippen molar-refractivity contribution in [3.8, 4) is 0 Å². The lowest BCUT2D eigenvalue weighted by Crippen LogP contribution is -2.18. The van der Waals surface area contributed by atoms with E-state index < -0.39 is 0 Å². The van der Waals surface area contributed by atoms with Gasteiger partial charge in [0.25, 0.3) is 0 Å². The summed E-state index contributed by atoms with van der Waals surface area (Å²) in [7, 11) is 0. The Balaban J connectivity index is 2.05. The van der Waals surface area contributed by atoms with Gasteiger partial charge < -0.3 is 5.32 Å². The van der Waals surface area contributed by atoms with Crippen molar-refractivity contribution < 1.29 is 0 Å². The van der Waals surface area contributed by atoms with E-state index in [0.717, 1.165) is 29.8 Å². The molecule has 1 aliphatic rings. The summed E-state index contributed by atoms with van der Waals surface area (Å²) in [6.07, 6.45) is 2.45. The van der Waals surface area contributed by atoms with E-state index in [9.17, 15) is 0 Å². The van der Waals surface area contributed by atoms with Crippen LogP contribution in [0.15, 0.2) is 6.07 Å². The third kappa shape index (κ3) is 3.09. The maximum absolute atomic E-state index is 5.96. The van der Waals surface area contributed by atoms with E-state index in [2.05, 4.69) is 29.1 Å². The molecule has 3 nitrogen and oxygen atoms in total. The molecular formula is C13H20ClN3. The van der Waals surface area contributed by atoms with E-state index in [4.69, 9.17) is 11.6 Å². The highest BCUT2D eigenvalue weighted by Gasteiger charge is 2.41. The number of aryl methyl sites for hydroxylation is 1. The molecule has 94 valence electrons. The van der Waals surface area contributed by atoms with Crippen LogP contribution in [0.25, 0.3) is 0 Å². The second-order valence-electron chi connectivity index (χ2n) is 5.39. The van der Waals surface area contributed by atoms with Crippen LogP contribution in [-0.4, -0.2) is 22.4 Å². The van der Waals surface area contributed by atoms with Crippen LogP contribution in [0.2, 0.25) is 0 Å². The molecule has 0 aromatic carbocycles. The minimum atomic E-state index is 0.318. The lowest BCUT2D eigenvalue weighted by atomic mass is 10.1. The molecule has 1 fully saturated rings. The summed E-state index contributed by atoms with van der Waals surface area (Å²) in [6.45, 7) is 7.15. The van der Waals surface area contributed by atoms with E-state index >= 15 is 0 Å². The molecule has 0 bridgehead atoms. The number of rotatable bonds is 5. The Morgan fingerprint density at radius 1 is 1.41 bits per heavy atom. The monoisotopic (exact) mass is 253 g/mol. The van der Waals surface area contributed by atoms with Crippen molar-refractivity contribution in [2.45, 2.75) is 39.5 Å². The maximum Gasteiger partial charge on any atom is 0.133 e. The second kappa shape index (κ2) is 4.81. The first-order chi connectivity index (χ1) is 8.04. The van der Waals surface area contributed by atoms with Gasteiger partial charge in [-0.15, -0.1) is 11.6 Å². The zero-order valence-corrected chi connectivity index (χ0v) is 11.5. The van der Waals surface area contributed by atoms with E-state index in [0.29, 0.717) is 11.3 Å². The van der Waals surface area contributed by atoms with Crippen LogP contribution in [0.4, 0.5) is 5.82 Å². The van der Waals surface area contributed by atoms with Crippen LogP contribution >= 0.6 is 11.6 Å². The molecule has 1 heterocycles. The summed E-state index contributed by atoms with van der Waals surface area (Å²) in [5.41, 5.74) is 1.33. The Bertz CT molecular complexity index is 400. The minimum Gasteiger partial charge on any atom is -0.369 e. The smallest absolute Gasteiger partial charge is 0.133 e. The van der Waals surface area contributed by atoms with Crippen LogP contribution in [0, 0.1) is 12.3 Å². The van der Waals surface area contributed by atoms with Gasteiger partial charge in [-0.1, -0.05) is 13.8 Å². The van der Waals surface area contributed by atoms with Gasteiger partial charge in [-0.2, -0.15) is 0 Å². The van der Waals surface area contributed by atoms with Crippen LogP contribution in [0.1, 0.15) is 44.1 Å². The number of nitrogens with one attached hydrogen (secondary N) is 1. The normalized spacial score (nSPS) is 17.2. The second-order valence-corrected chi connectivity index (χ2v) is 5.66. The number of hydrogen-bond donors (Lipinski definition) is 1. The Hall–Kier alpha value is -0.830. The summed E-state index contributed by atoms with van der Waals surface area (Å²) in [5, 5.41) is 3.40. The molecule has 1 aromatic heterocycles. The number of nitrogens with zero attached hydrogens (tertiary/aromatic N) is 2. The number of anilines is 1. The third-order valence-electron chi connectivity index (χ3n) is 3.27. The minimum absolute atomic E-state index is 0.318. The molecule has 1 N–H and O–H groups in total. The van der Waals surface area contributed by atoms with Gasteiger partial charge in [-0.3, -0.25) is 0 Å². The summed E-state index contributed by atoms with van der Waals surface area (Å²) in [6, 6.07) is 2.00. The van der Waals surface area contributed by atoms with Gasteiger partial charge in [0, 0.05) is 35.5 Å². The molecule has 0 aliphatic heterocycles. The van der Waals surface area contributed by atoms with Crippen LogP contribution in [-0.2, 0) is 0 Å². The van der Waals surface area contributed by atoms with Gasteiger partial charge in [-0.25, -0.2) is 9.97 Å². The lowest BCUT2D eigenvalue weighted by Gasteiger charge is -2.14. The molecule has 2 rings (SSSR count). The lowest BCUT2D eigenvalue weighted by molar-refractivity contribution is 0.616. The Labute approximate surface area is 108 Å². The van der Waals surface area contributed by atoms with Crippen molar-refractivity contribution in [2.75, 3.05) is 17.7 Å². The van der Waals surface area contributed by atoms with Gasteiger partial charge in [0.1, 0.15) is 11.6 Å². The summed E-state index contributed by atoms with van der Waals surface area (Å²) in [5.74, 6) is 2.93. The third-order valence-corrected chi connectivity index (χ3v) is 3.84. The fraction of sp³-hybridized carbons (Fsp3) is 0.692. The van der Waals surface area contributed by atoms with Crippen LogP contribution in [0.3, 0.4) is 0 Å². The number of alkyl halides is 1. The average Bonchev–Trinajstić information content (AvgIpc) is 3.06. The van der Waals surface area contributed by atoms with Crippen molar-refractivity contribution in [2.24, 2.45) is 5.41 Å². The Kier molecular flexibility index (Phi) is 3.57. The molecule has 0 spiro atoms. The predicted molar refractivity (Wildman–Crippen MR) is 71.7 cm³/mol. The van der Waals surface area contributed by atoms with Gasteiger partial charge in [0.2, 0.25) is 0 Å². The fourth-order valence-corrected chi connectivity index (χ4v) is 2.11. The van der Waals surface area contributed by atoms with E-state index in [1.54, 1.807) is 0 Å². The van der Waals surface area contributed by atoms with Crippen molar-refractivity contribution in [1.29, 1.82) is 0 Å². The molecule has 0 atom stereocenters. The quantitative estimate of drug-likeness (QED) is 0.818. The van der Waals surface area contributed by atoms with Gasteiger partial charge in [-0.05, 0) is 19.8 Å². The molecule has 0 amide bonds. The van der Waals surface area contributed by atoms with Gasteiger partial charge in [0.15, 0.2) is 0 Å². The largest absolute Gasteiger partial charge is 0.369 e. The number of hydrogen-bond acceptors (Lipinski definition) is 3. The fourth-order valence-electron chi connectivity index (χ4n) is 1.75. The molecule has 17 heavy (non-hydrogen) atoms. The van der Waals surface area contributed by atoms with Crippen LogP contribution in [0.5, 0.6) is 0 Å². The van der Waals surface area contributed by atoms with Crippen molar-refractivity contribution >= 4 is 17.4 Å². The Morgan fingerprint density at radius 3 is 2.65 bits per heavy atom. The van der Waals surface area contributed by atoms with Crippen LogP contribution < -0.4 is 5.32 Å². The zero-order chi connectivity index (χ0) is 12.5. The van der Waals surface area contributed by atoms with Crippen molar-refractivity contribution in [3.05, 3.63) is 17.6 Å².